The Morgan fingerprint density at radius 1 is 1.00 bits per heavy atom. The first-order valence-electron chi connectivity index (χ1n) is 11.5. The number of benzene rings is 1. The molecule has 1 fully saturated rings. The number of hydrogen-bond acceptors (Lipinski definition) is 7. The van der Waals surface area contributed by atoms with Crippen LogP contribution in [0.4, 0.5) is 17.3 Å². The summed E-state index contributed by atoms with van der Waals surface area (Å²) in [7, 11) is 1.96. The minimum Gasteiger partial charge on any atom is -0.368 e. The van der Waals surface area contributed by atoms with Gasteiger partial charge in [0.05, 0.1) is 23.5 Å². The molecule has 1 aliphatic rings. The van der Waals surface area contributed by atoms with Crippen LogP contribution in [0.25, 0.3) is 11.3 Å². The Kier molecular flexibility index (Phi) is 7.35. The number of carbonyl (C=O) groups is 1. The predicted octanol–water partition coefficient (Wildman–Crippen LogP) is 3.38. The maximum Gasteiger partial charge on any atom is 0.241 e. The first-order valence-corrected chi connectivity index (χ1v) is 11.5. The molecule has 2 aromatic heterocycles. The van der Waals surface area contributed by atoms with Gasteiger partial charge in [-0.25, -0.2) is 9.97 Å². The molecule has 34 heavy (non-hydrogen) atoms. The number of aromatic nitrogens is 2. The monoisotopic (exact) mass is 455 g/mol. The first kappa shape index (κ1) is 23.2. The molecule has 1 amide bonds. The third kappa shape index (κ3) is 5.50. The SMILES string of the molecule is CCc1ccc(-c2nc(NCCNc3ccc(C#N)cn3)ccc2N2CCN(C)CC2=O)cc1. The summed E-state index contributed by atoms with van der Waals surface area (Å²) >= 11 is 0. The zero-order chi connectivity index (χ0) is 23.9. The van der Waals surface area contributed by atoms with Crippen molar-refractivity contribution >= 4 is 23.2 Å². The van der Waals surface area contributed by atoms with Gasteiger partial charge in [-0.15, -0.1) is 0 Å². The molecular weight excluding hydrogens is 426 g/mol. The molecule has 0 spiro atoms. The lowest BCUT2D eigenvalue weighted by molar-refractivity contribution is -0.120. The molecule has 3 heterocycles. The molecule has 0 unspecified atom stereocenters. The van der Waals surface area contributed by atoms with E-state index in [1.165, 1.54) is 5.56 Å². The van der Waals surface area contributed by atoms with Gasteiger partial charge < -0.3 is 15.5 Å². The Hall–Kier alpha value is -3.96. The molecule has 2 N–H and O–H groups in total. The lowest BCUT2D eigenvalue weighted by atomic mass is 10.0. The zero-order valence-electron chi connectivity index (χ0n) is 19.6. The molecule has 0 bridgehead atoms. The zero-order valence-corrected chi connectivity index (χ0v) is 19.6. The van der Waals surface area contributed by atoms with E-state index < -0.39 is 0 Å². The summed E-state index contributed by atoms with van der Waals surface area (Å²) < 4.78 is 0. The third-order valence-electron chi connectivity index (χ3n) is 5.84. The van der Waals surface area contributed by atoms with E-state index in [1.54, 1.807) is 18.3 Å². The van der Waals surface area contributed by atoms with Crippen LogP contribution >= 0.6 is 0 Å². The van der Waals surface area contributed by atoms with Crippen LogP contribution in [0.1, 0.15) is 18.1 Å². The van der Waals surface area contributed by atoms with Gasteiger partial charge in [-0.3, -0.25) is 9.69 Å². The summed E-state index contributed by atoms with van der Waals surface area (Å²) in [6.07, 6.45) is 2.52. The maximum absolute atomic E-state index is 12.8. The highest BCUT2D eigenvalue weighted by Crippen LogP contribution is 2.32. The molecule has 0 radical (unpaired) electrons. The average molecular weight is 456 g/mol. The Morgan fingerprint density at radius 2 is 1.74 bits per heavy atom. The summed E-state index contributed by atoms with van der Waals surface area (Å²) in [6.45, 7) is 5.28. The van der Waals surface area contributed by atoms with Crippen molar-refractivity contribution in [1.29, 1.82) is 5.26 Å². The van der Waals surface area contributed by atoms with Crippen molar-refractivity contribution in [3.8, 4) is 17.3 Å². The summed E-state index contributed by atoms with van der Waals surface area (Å²) in [6, 6.07) is 17.9. The molecule has 1 aliphatic heterocycles. The van der Waals surface area contributed by atoms with Gasteiger partial charge in [0.1, 0.15) is 17.7 Å². The molecule has 8 nitrogen and oxygen atoms in total. The number of aryl methyl sites for hydroxylation is 1. The fourth-order valence-electron chi connectivity index (χ4n) is 3.87. The molecular formula is C26H29N7O. The number of pyridine rings is 2. The molecule has 8 heteroatoms. The fourth-order valence-corrected chi connectivity index (χ4v) is 3.87. The van der Waals surface area contributed by atoms with Gasteiger partial charge in [0.25, 0.3) is 0 Å². The van der Waals surface area contributed by atoms with Crippen LogP contribution in [0.3, 0.4) is 0 Å². The largest absolute Gasteiger partial charge is 0.368 e. The topological polar surface area (TPSA) is 97.2 Å². The van der Waals surface area contributed by atoms with E-state index >= 15 is 0 Å². The van der Waals surface area contributed by atoms with E-state index in [-0.39, 0.29) is 5.91 Å². The van der Waals surface area contributed by atoms with Crippen LogP contribution in [0.2, 0.25) is 0 Å². The van der Waals surface area contributed by atoms with Crippen LogP contribution in [0.5, 0.6) is 0 Å². The molecule has 0 aliphatic carbocycles. The van der Waals surface area contributed by atoms with Crippen molar-refractivity contribution < 1.29 is 4.79 Å². The van der Waals surface area contributed by atoms with Crippen LogP contribution < -0.4 is 15.5 Å². The van der Waals surface area contributed by atoms with Crippen LogP contribution in [0, 0.1) is 11.3 Å². The number of carbonyl (C=O) groups excluding carboxylic acids is 1. The second kappa shape index (κ2) is 10.8. The van der Waals surface area contributed by atoms with Gasteiger partial charge in [-0.1, -0.05) is 31.2 Å². The predicted molar refractivity (Wildman–Crippen MR) is 135 cm³/mol. The van der Waals surface area contributed by atoms with Crippen molar-refractivity contribution in [2.24, 2.45) is 0 Å². The minimum atomic E-state index is 0.0850. The van der Waals surface area contributed by atoms with Crippen molar-refractivity contribution in [2.45, 2.75) is 13.3 Å². The summed E-state index contributed by atoms with van der Waals surface area (Å²) in [5.41, 5.74) is 4.42. The highest BCUT2D eigenvalue weighted by atomic mass is 16.2. The molecule has 1 saturated heterocycles. The van der Waals surface area contributed by atoms with Crippen LogP contribution in [-0.2, 0) is 11.2 Å². The minimum absolute atomic E-state index is 0.0850. The molecule has 0 atom stereocenters. The summed E-state index contributed by atoms with van der Waals surface area (Å²) in [5.74, 6) is 1.55. The van der Waals surface area contributed by atoms with E-state index in [0.717, 1.165) is 41.5 Å². The maximum atomic E-state index is 12.8. The molecule has 0 saturated carbocycles. The summed E-state index contributed by atoms with van der Waals surface area (Å²) in [4.78, 5) is 25.8. The number of hydrogen-bond donors (Lipinski definition) is 2. The quantitative estimate of drug-likeness (QED) is 0.503. The highest BCUT2D eigenvalue weighted by molar-refractivity contribution is 5.99. The Morgan fingerprint density at radius 3 is 2.38 bits per heavy atom. The standard InChI is InChI=1S/C26H29N7O/c1-3-19-4-7-21(8-5-19)26-22(33-15-14-32(2)18-25(33)34)9-11-24(31-26)29-13-12-28-23-10-6-20(16-27)17-30-23/h4-11,17H,3,12-15,18H2,1-2H3,(H,28,30)(H,29,31). The Balaban J connectivity index is 1.50. The number of likely N-dealkylation sites (N-methyl/N-ethyl adjacent to an activating group) is 1. The first-order chi connectivity index (χ1) is 16.6. The number of nitrogens with one attached hydrogen (secondary N) is 2. The van der Waals surface area contributed by atoms with Gasteiger partial charge in [0.2, 0.25) is 5.91 Å². The fraction of sp³-hybridized carbons (Fsp3) is 0.308. The van der Waals surface area contributed by atoms with Crippen LogP contribution in [0.15, 0.2) is 54.7 Å². The van der Waals surface area contributed by atoms with E-state index in [1.807, 2.05) is 29.0 Å². The number of nitriles is 1. The summed E-state index contributed by atoms with van der Waals surface area (Å²) in [5, 5.41) is 15.5. The van der Waals surface area contributed by atoms with E-state index in [2.05, 4.69) is 52.9 Å². The number of piperazine rings is 1. The van der Waals surface area contributed by atoms with Crippen molar-refractivity contribution in [3.05, 3.63) is 65.9 Å². The smallest absolute Gasteiger partial charge is 0.241 e. The van der Waals surface area contributed by atoms with Gasteiger partial charge >= 0.3 is 0 Å². The highest BCUT2D eigenvalue weighted by Gasteiger charge is 2.26. The number of amides is 1. The number of nitrogens with zero attached hydrogens (tertiary/aromatic N) is 5. The van der Waals surface area contributed by atoms with Crippen molar-refractivity contribution in [1.82, 2.24) is 14.9 Å². The van der Waals surface area contributed by atoms with Gasteiger partial charge in [0, 0.05) is 37.9 Å². The Bertz CT molecular complexity index is 1170. The molecule has 1 aromatic carbocycles. The molecule has 4 rings (SSSR count). The van der Waals surface area contributed by atoms with E-state index in [4.69, 9.17) is 10.2 Å². The van der Waals surface area contributed by atoms with Gasteiger partial charge in [-0.05, 0) is 43.3 Å². The van der Waals surface area contributed by atoms with Gasteiger partial charge in [-0.2, -0.15) is 5.26 Å². The second-order valence-corrected chi connectivity index (χ2v) is 8.30. The van der Waals surface area contributed by atoms with Crippen molar-refractivity contribution in [2.75, 3.05) is 55.3 Å². The number of rotatable bonds is 8. The molecule has 3 aromatic rings. The Labute approximate surface area is 200 Å². The van der Waals surface area contributed by atoms with Gasteiger partial charge in [0.15, 0.2) is 0 Å². The van der Waals surface area contributed by atoms with Crippen LogP contribution in [-0.4, -0.2) is 60.5 Å². The second-order valence-electron chi connectivity index (χ2n) is 8.30. The lowest BCUT2D eigenvalue weighted by Gasteiger charge is -2.33. The normalized spacial score (nSPS) is 14.0. The van der Waals surface area contributed by atoms with E-state index in [0.29, 0.717) is 31.7 Å². The number of anilines is 3. The third-order valence-corrected chi connectivity index (χ3v) is 5.84. The van der Waals surface area contributed by atoms with Crippen molar-refractivity contribution in [3.63, 3.8) is 0 Å². The average Bonchev–Trinajstić information content (AvgIpc) is 2.87. The lowest BCUT2D eigenvalue weighted by Crippen LogP contribution is -2.49. The molecule has 174 valence electrons. The van der Waals surface area contributed by atoms with E-state index in [9.17, 15) is 4.79 Å².